The number of benzene rings is 1. The molecule has 0 spiro atoms. The Kier molecular flexibility index (Phi) is 6.36. The van der Waals surface area contributed by atoms with Gasteiger partial charge in [-0.25, -0.2) is 13.9 Å². The summed E-state index contributed by atoms with van der Waals surface area (Å²) in [4.78, 5) is 46.4. The van der Waals surface area contributed by atoms with E-state index < -0.39 is 24.0 Å². The van der Waals surface area contributed by atoms with Crippen molar-refractivity contribution >= 4 is 17.5 Å². The van der Waals surface area contributed by atoms with Crippen molar-refractivity contribution in [1.29, 1.82) is 0 Å². The SMILES string of the molecule is CN(C)C(=O)c1[nH]n2c(=O)cc(-c3ccc(C4CCCCC4)c(F)c3)nc2c1C(=O)N1CC(CF)C1. The van der Waals surface area contributed by atoms with Crippen molar-refractivity contribution in [3.05, 3.63) is 57.3 Å². The first kappa shape index (κ1) is 24.1. The van der Waals surface area contributed by atoms with Gasteiger partial charge in [-0.1, -0.05) is 31.4 Å². The number of nitrogens with zero attached hydrogens (tertiary/aromatic N) is 4. The maximum Gasteiger partial charge on any atom is 0.273 e. The van der Waals surface area contributed by atoms with Gasteiger partial charge in [0, 0.05) is 44.7 Å². The summed E-state index contributed by atoms with van der Waals surface area (Å²) in [6.45, 7) is -0.0918. The Balaban J connectivity index is 1.59. The molecule has 0 unspecified atom stereocenters. The molecule has 8 nitrogen and oxygen atoms in total. The lowest BCUT2D eigenvalue weighted by molar-refractivity contribution is 0.0450. The van der Waals surface area contributed by atoms with Gasteiger partial charge in [0.25, 0.3) is 17.4 Å². The van der Waals surface area contributed by atoms with Crippen LogP contribution in [0.15, 0.2) is 29.1 Å². The Hall–Kier alpha value is -3.56. The van der Waals surface area contributed by atoms with E-state index in [0.717, 1.165) is 30.2 Å². The molecule has 190 valence electrons. The first-order chi connectivity index (χ1) is 17.3. The molecule has 1 aliphatic carbocycles. The summed E-state index contributed by atoms with van der Waals surface area (Å²) >= 11 is 0. The standard InChI is InChI=1S/C26H29F2N5O3/c1-31(2)26(36)23-22(25(35)32-13-15(12-27)14-32)24-29-20(11-21(34)33(24)30-23)17-8-9-18(19(28)10-17)16-6-4-3-5-7-16/h8-11,15-16,30H,3-7,12-14H2,1-2H3. The van der Waals surface area contributed by atoms with Crippen LogP contribution in [0, 0.1) is 11.7 Å². The Morgan fingerprint density at radius 3 is 2.50 bits per heavy atom. The van der Waals surface area contributed by atoms with Crippen molar-refractivity contribution in [2.75, 3.05) is 33.9 Å². The molecule has 2 aromatic heterocycles. The van der Waals surface area contributed by atoms with Gasteiger partial charge in [-0.05, 0) is 30.4 Å². The zero-order valence-electron chi connectivity index (χ0n) is 20.4. The van der Waals surface area contributed by atoms with E-state index in [4.69, 9.17) is 0 Å². The summed E-state index contributed by atoms with van der Waals surface area (Å²) < 4.78 is 29.1. The summed E-state index contributed by atoms with van der Waals surface area (Å²) in [6.07, 6.45) is 5.26. The van der Waals surface area contributed by atoms with Gasteiger partial charge >= 0.3 is 0 Å². The summed E-state index contributed by atoms with van der Waals surface area (Å²) in [5.74, 6) is -1.41. The molecule has 3 heterocycles. The van der Waals surface area contributed by atoms with Crippen molar-refractivity contribution in [3.8, 4) is 11.3 Å². The van der Waals surface area contributed by atoms with Crippen LogP contribution in [0.5, 0.6) is 0 Å². The van der Waals surface area contributed by atoms with Gasteiger partial charge in [-0.3, -0.25) is 23.9 Å². The number of alkyl halides is 1. The molecule has 0 radical (unpaired) electrons. The van der Waals surface area contributed by atoms with Crippen LogP contribution in [-0.4, -0.2) is 70.1 Å². The van der Waals surface area contributed by atoms with Crippen LogP contribution in [0.3, 0.4) is 0 Å². The topological polar surface area (TPSA) is 90.8 Å². The number of rotatable bonds is 5. The fourth-order valence-corrected chi connectivity index (χ4v) is 5.19. The van der Waals surface area contributed by atoms with E-state index >= 15 is 4.39 Å². The summed E-state index contributed by atoms with van der Waals surface area (Å²) in [5.41, 5.74) is 0.604. The minimum Gasteiger partial charge on any atom is -0.343 e. The van der Waals surface area contributed by atoms with Crippen LogP contribution < -0.4 is 5.56 Å². The molecule has 0 atom stereocenters. The molecule has 10 heteroatoms. The van der Waals surface area contributed by atoms with Crippen LogP contribution in [0.1, 0.15) is 64.4 Å². The second-order valence-corrected chi connectivity index (χ2v) is 10.0. The Bertz CT molecular complexity index is 1380. The number of H-pyrrole nitrogens is 1. The smallest absolute Gasteiger partial charge is 0.273 e. The number of hydrogen-bond donors (Lipinski definition) is 1. The highest BCUT2D eigenvalue weighted by atomic mass is 19.1. The third-order valence-electron chi connectivity index (χ3n) is 7.25. The zero-order chi connectivity index (χ0) is 25.6. The molecule has 1 N–H and O–H groups in total. The average molecular weight is 498 g/mol. The molecule has 2 aliphatic rings. The van der Waals surface area contributed by atoms with Crippen LogP contribution in [0.2, 0.25) is 0 Å². The molecule has 1 aliphatic heterocycles. The quantitative estimate of drug-likeness (QED) is 0.583. The second-order valence-electron chi connectivity index (χ2n) is 10.0. The number of amides is 2. The highest BCUT2D eigenvalue weighted by Gasteiger charge is 2.36. The predicted molar refractivity (Wildman–Crippen MR) is 130 cm³/mol. The number of carbonyl (C=O) groups excluding carboxylic acids is 2. The largest absolute Gasteiger partial charge is 0.343 e. The highest BCUT2D eigenvalue weighted by Crippen LogP contribution is 2.35. The average Bonchev–Trinajstić information content (AvgIpc) is 3.23. The van der Waals surface area contributed by atoms with Gasteiger partial charge in [0.05, 0.1) is 12.4 Å². The summed E-state index contributed by atoms with van der Waals surface area (Å²) in [5, 5.41) is 2.72. The van der Waals surface area contributed by atoms with Crippen LogP contribution in [0.25, 0.3) is 16.9 Å². The van der Waals surface area contributed by atoms with E-state index in [1.54, 1.807) is 12.1 Å². The van der Waals surface area contributed by atoms with E-state index in [1.165, 1.54) is 42.4 Å². The minimum atomic E-state index is -0.538. The van der Waals surface area contributed by atoms with E-state index in [0.29, 0.717) is 11.1 Å². The molecule has 36 heavy (non-hydrogen) atoms. The van der Waals surface area contributed by atoms with Crippen LogP contribution >= 0.6 is 0 Å². The van der Waals surface area contributed by atoms with E-state index in [1.807, 2.05) is 0 Å². The van der Waals surface area contributed by atoms with Crippen molar-refractivity contribution in [1.82, 2.24) is 24.4 Å². The number of carbonyl (C=O) groups is 2. The normalized spacial score (nSPS) is 16.8. The number of aromatic nitrogens is 3. The third kappa shape index (κ3) is 4.18. The monoisotopic (exact) mass is 497 g/mol. The molecule has 2 amide bonds. The van der Waals surface area contributed by atoms with E-state index in [2.05, 4.69) is 10.1 Å². The molecule has 1 saturated carbocycles. The van der Waals surface area contributed by atoms with Crippen molar-refractivity contribution in [2.45, 2.75) is 38.0 Å². The van der Waals surface area contributed by atoms with Gasteiger partial charge < -0.3 is 9.80 Å². The van der Waals surface area contributed by atoms with Crippen LogP contribution in [-0.2, 0) is 0 Å². The maximum atomic E-state index is 15.1. The molecule has 0 bridgehead atoms. The second kappa shape index (κ2) is 9.48. The number of nitrogens with one attached hydrogen (secondary N) is 1. The summed E-state index contributed by atoms with van der Waals surface area (Å²) in [7, 11) is 3.06. The van der Waals surface area contributed by atoms with Gasteiger partial charge in [-0.2, -0.15) is 0 Å². The highest BCUT2D eigenvalue weighted by molar-refractivity contribution is 6.10. The molecule has 5 rings (SSSR count). The number of hydrogen-bond acceptors (Lipinski definition) is 4. The fourth-order valence-electron chi connectivity index (χ4n) is 5.19. The number of halogens is 2. The number of aromatic amines is 1. The number of fused-ring (bicyclic) bond motifs is 1. The van der Waals surface area contributed by atoms with Crippen molar-refractivity contribution < 1.29 is 18.4 Å². The van der Waals surface area contributed by atoms with Gasteiger partial charge in [0.2, 0.25) is 0 Å². The molecular formula is C26H29F2N5O3. The first-order valence-corrected chi connectivity index (χ1v) is 12.3. The Morgan fingerprint density at radius 2 is 1.86 bits per heavy atom. The molecular weight excluding hydrogens is 468 g/mol. The van der Waals surface area contributed by atoms with E-state index in [-0.39, 0.29) is 53.3 Å². The Labute approximate surface area is 206 Å². The Morgan fingerprint density at radius 1 is 1.14 bits per heavy atom. The van der Waals surface area contributed by atoms with Crippen molar-refractivity contribution in [3.63, 3.8) is 0 Å². The predicted octanol–water partition coefficient (Wildman–Crippen LogP) is 3.62. The minimum absolute atomic E-state index is 0.0202. The zero-order valence-corrected chi connectivity index (χ0v) is 20.4. The van der Waals surface area contributed by atoms with Gasteiger partial charge in [0.1, 0.15) is 17.1 Å². The lowest BCUT2D eigenvalue weighted by Crippen LogP contribution is -2.51. The lowest BCUT2D eigenvalue weighted by Gasteiger charge is -2.37. The molecule has 1 saturated heterocycles. The van der Waals surface area contributed by atoms with E-state index in [9.17, 15) is 18.8 Å². The van der Waals surface area contributed by atoms with Crippen molar-refractivity contribution in [2.24, 2.45) is 5.92 Å². The maximum absolute atomic E-state index is 15.1. The van der Waals surface area contributed by atoms with Crippen LogP contribution in [0.4, 0.5) is 8.78 Å². The molecule has 3 aromatic rings. The molecule has 2 fully saturated rings. The van der Waals surface area contributed by atoms with Gasteiger partial charge in [-0.15, -0.1) is 0 Å². The first-order valence-electron chi connectivity index (χ1n) is 12.3. The third-order valence-corrected chi connectivity index (χ3v) is 7.25. The molecule has 1 aromatic carbocycles. The lowest BCUT2D eigenvalue weighted by atomic mass is 9.83. The number of likely N-dealkylation sites (tertiary alicyclic amines) is 1. The fraction of sp³-hybridized carbons (Fsp3) is 0.462. The summed E-state index contributed by atoms with van der Waals surface area (Å²) in [6, 6.07) is 6.13. The van der Waals surface area contributed by atoms with Gasteiger partial charge in [0.15, 0.2) is 5.65 Å².